The van der Waals surface area contributed by atoms with E-state index >= 15 is 0 Å². The monoisotopic (exact) mass is 718 g/mol. The van der Waals surface area contributed by atoms with Crippen molar-refractivity contribution in [1.82, 2.24) is 9.97 Å². The molecule has 1 fully saturated rings. The average Bonchev–Trinajstić information content (AvgIpc) is 4.00. The predicted octanol–water partition coefficient (Wildman–Crippen LogP) is 9.88. The van der Waals surface area contributed by atoms with Gasteiger partial charge in [-0.2, -0.15) is 13.2 Å². The van der Waals surface area contributed by atoms with E-state index in [0.717, 1.165) is 41.7 Å². The van der Waals surface area contributed by atoms with Gasteiger partial charge in [-0.15, -0.1) is 0 Å². The normalized spacial score (nSPS) is 12.3. The molecule has 0 bridgehead atoms. The Kier molecular flexibility index (Phi) is 10.4. The number of benzene rings is 4. The number of pyridine rings is 2. The molecule has 0 saturated heterocycles. The first kappa shape index (κ1) is 36.1. The summed E-state index contributed by atoms with van der Waals surface area (Å²) in [5.74, 6) is -1.54. The third kappa shape index (κ3) is 8.98. The van der Waals surface area contributed by atoms with Crippen LogP contribution in [0.1, 0.15) is 56.2 Å². The first-order chi connectivity index (χ1) is 25.4. The SMILES string of the molecule is Cc1ccc(Nc2ccc(-c3cccc(C(F)(F)F)c3)nc2)c(C(=O)O)c1.O=C(O)c1cc(C2CC2)ccc1Nc1c[nH]c(=O)c(-c2ccccc2)c1. The second-order valence-corrected chi connectivity index (χ2v) is 12.5. The molecule has 2 aromatic heterocycles. The molecule has 7 rings (SSSR count). The van der Waals surface area contributed by atoms with E-state index in [1.807, 2.05) is 36.4 Å². The number of hydrogen-bond donors (Lipinski definition) is 5. The number of aromatic carboxylic acids is 2. The molecule has 0 aliphatic heterocycles. The zero-order valence-corrected chi connectivity index (χ0v) is 28.2. The molecule has 0 atom stereocenters. The lowest BCUT2D eigenvalue weighted by atomic mass is 10.0. The van der Waals surface area contributed by atoms with Crippen molar-refractivity contribution in [1.29, 1.82) is 0 Å². The Morgan fingerprint density at radius 3 is 2.06 bits per heavy atom. The molecule has 53 heavy (non-hydrogen) atoms. The van der Waals surface area contributed by atoms with E-state index in [-0.39, 0.29) is 16.7 Å². The topological polar surface area (TPSA) is 144 Å². The molecule has 0 spiro atoms. The molecule has 0 unspecified atom stereocenters. The van der Waals surface area contributed by atoms with Crippen molar-refractivity contribution < 1.29 is 33.0 Å². The van der Waals surface area contributed by atoms with Crippen LogP contribution in [-0.4, -0.2) is 32.1 Å². The highest BCUT2D eigenvalue weighted by Gasteiger charge is 2.30. The number of anilines is 4. The Bertz CT molecular complexity index is 2340. The molecule has 268 valence electrons. The Morgan fingerprint density at radius 2 is 1.42 bits per heavy atom. The fourth-order valence-electron chi connectivity index (χ4n) is 5.65. The first-order valence-corrected chi connectivity index (χ1v) is 16.5. The first-order valence-electron chi connectivity index (χ1n) is 16.5. The minimum atomic E-state index is -4.42. The van der Waals surface area contributed by atoms with Gasteiger partial charge in [0.1, 0.15) is 0 Å². The average molecular weight is 719 g/mol. The van der Waals surface area contributed by atoms with Crippen LogP contribution in [0, 0.1) is 6.92 Å². The van der Waals surface area contributed by atoms with Crippen LogP contribution in [0.5, 0.6) is 0 Å². The largest absolute Gasteiger partial charge is 0.478 e. The van der Waals surface area contributed by atoms with Crippen LogP contribution in [0.25, 0.3) is 22.4 Å². The third-order valence-electron chi connectivity index (χ3n) is 8.52. The molecule has 12 heteroatoms. The second kappa shape index (κ2) is 15.3. The van der Waals surface area contributed by atoms with Crippen molar-refractivity contribution in [3.63, 3.8) is 0 Å². The van der Waals surface area contributed by atoms with Crippen LogP contribution in [0.3, 0.4) is 0 Å². The van der Waals surface area contributed by atoms with E-state index in [0.29, 0.717) is 45.5 Å². The van der Waals surface area contributed by atoms with E-state index in [4.69, 9.17) is 0 Å². The predicted molar refractivity (Wildman–Crippen MR) is 197 cm³/mol. The Balaban J connectivity index is 0.000000181. The number of rotatable bonds is 9. The van der Waals surface area contributed by atoms with E-state index in [9.17, 15) is 37.8 Å². The van der Waals surface area contributed by atoms with Gasteiger partial charge in [-0.25, -0.2) is 9.59 Å². The maximum atomic E-state index is 12.8. The van der Waals surface area contributed by atoms with Gasteiger partial charge >= 0.3 is 18.1 Å². The van der Waals surface area contributed by atoms with Gasteiger partial charge in [0.25, 0.3) is 5.56 Å². The van der Waals surface area contributed by atoms with Crippen LogP contribution in [0.2, 0.25) is 0 Å². The van der Waals surface area contributed by atoms with Gasteiger partial charge in [0.05, 0.1) is 51.3 Å². The summed E-state index contributed by atoms with van der Waals surface area (Å²) in [5.41, 5.74) is 5.44. The van der Waals surface area contributed by atoms with Crippen LogP contribution >= 0.6 is 0 Å². The van der Waals surface area contributed by atoms with Crippen molar-refractivity contribution in [2.75, 3.05) is 10.6 Å². The number of nitrogens with zero attached hydrogens (tertiary/aromatic N) is 1. The lowest BCUT2D eigenvalue weighted by Crippen LogP contribution is -2.10. The molecule has 1 aliphatic carbocycles. The smallest absolute Gasteiger partial charge is 0.416 e. The van der Waals surface area contributed by atoms with E-state index < -0.39 is 23.7 Å². The molecular formula is C41H33F3N4O5. The summed E-state index contributed by atoms with van der Waals surface area (Å²) in [5, 5.41) is 25.0. The van der Waals surface area contributed by atoms with Crippen molar-refractivity contribution >= 4 is 34.7 Å². The molecular weight excluding hydrogens is 685 g/mol. The zero-order valence-electron chi connectivity index (χ0n) is 28.2. The number of aromatic nitrogens is 2. The number of carbonyl (C=O) groups is 2. The lowest BCUT2D eigenvalue weighted by molar-refractivity contribution is -0.137. The Labute approximate surface area is 301 Å². The zero-order chi connectivity index (χ0) is 37.7. The summed E-state index contributed by atoms with van der Waals surface area (Å²) in [6, 6.07) is 29.7. The minimum absolute atomic E-state index is 0.122. The van der Waals surface area contributed by atoms with Crippen molar-refractivity contribution in [2.45, 2.75) is 31.9 Å². The van der Waals surface area contributed by atoms with Crippen molar-refractivity contribution in [3.8, 4) is 22.4 Å². The number of aryl methyl sites for hydroxylation is 1. The summed E-state index contributed by atoms with van der Waals surface area (Å²) in [6.07, 6.45) is 0.810. The van der Waals surface area contributed by atoms with Gasteiger partial charge in [-0.3, -0.25) is 9.78 Å². The standard InChI is InChI=1S/C21H18N2O3.C20H15F3N2O2/c24-20-17(14-4-2-1-3-5-14)11-16(12-22-20)23-19-9-8-15(13-6-7-13)10-18(19)21(25)26;1-12-5-7-18(16(9-12)19(26)27)25-15-6-8-17(24-11-15)13-3-2-4-14(10-13)20(21,22)23/h1-5,8-13,23H,6-7H2,(H,22,24)(H,25,26);2-11,25H,1H3,(H,26,27). The number of alkyl halides is 3. The highest BCUT2D eigenvalue weighted by Crippen LogP contribution is 2.41. The van der Waals surface area contributed by atoms with Gasteiger partial charge in [-0.1, -0.05) is 60.2 Å². The molecule has 4 aromatic carbocycles. The quantitative estimate of drug-likeness (QED) is 0.0994. The molecule has 5 N–H and O–H groups in total. The minimum Gasteiger partial charge on any atom is -0.478 e. The summed E-state index contributed by atoms with van der Waals surface area (Å²) in [7, 11) is 0. The second-order valence-electron chi connectivity index (χ2n) is 12.5. The molecule has 0 radical (unpaired) electrons. The van der Waals surface area contributed by atoms with Gasteiger partial charge in [0, 0.05) is 17.3 Å². The maximum absolute atomic E-state index is 12.8. The summed E-state index contributed by atoms with van der Waals surface area (Å²) in [4.78, 5) is 42.1. The number of carboxylic acid groups (broad SMARTS) is 2. The van der Waals surface area contributed by atoms with Crippen molar-refractivity contribution in [2.24, 2.45) is 0 Å². The van der Waals surface area contributed by atoms with E-state index in [2.05, 4.69) is 20.6 Å². The summed E-state index contributed by atoms with van der Waals surface area (Å²) in [6.45, 7) is 1.79. The van der Waals surface area contributed by atoms with Crippen molar-refractivity contribution in [3.05, 3.63) is 160 Å². The highest BCUT2D eigenvalue weighted by molar-refractivity contribution is 5.96. The van der Waals surface area contributed by atoms with E-state index in [1.165, 1.54) is 12.3 Å². The van der Waals surface area contributed by atoms with Crippen LogP contribution < -0.4 is 16.2 Å². The van der Waals surface area contributed by atoms with Crippen LogP contribution in [0.4, 0.5) is 35.9 Å². The summed E-state index contributed by atoms with van der Waals surface area (Å²) >= 11 is 0. The van der Waals surface area contributed by atoms with Crippen LogP contribution in [-0.2, 0) is 6.18 Å². The molecule has 1 aliphatic rings. The number of carboxylic acids is 2. The van der Waals surface area contributed by atoms with Gasteiger partial charge < -0.3 is 25.8 Å². The number of halogens is 3. The highest BCUT2D eigenvalue weighted by atomic mass is 19.4. The number of nitrogens with one attached hydrogen (secondary N) is 3. The fraction of sp³-hybridized carbons (Fsp3) is 0.122. The maximum Gasteiger partial charge on any atom is 0.416 e. The molecule has 9 nitrogen and oxygen atoms in total. The van der Waals surface area contributed by atoms with Gasteiger partial charge in [0.2, 0.25) is 0 Å². The molecule has 0 amide bonds. The Hall–Kier alpha value is -6.69. The van der Waals surface area contributed by atoms with Gasteiger partial charge in [0.15, 0.2) is 0 Å². The molecule has 6 aromatic rings. The molecule has 2 heterocycles. The Morgan fingerprint density at radius 1 is 0.755 bits per heavy atom. The summed E-state index contributed by atoms with van der Waals surface area (Å²) < 4.78 is 38.5. The lowest BCUT2D eigenvalue weighted by Gasteiger charge is -2.12. The fourth-order valence-corrected chi connectivity index (χ4v) is 5.65. The van der Waals surface area contributed by atoms with Crippen LogP contribution in [0.15, 0.2) is 126 Å². The van der Waals surface area contributed by atoms with E-state index in [1.54, 1.807) is 67.7 Å². The third-order valence-corrected chi connectivity index (χ3v) is 8.52. The van der Waals surface area contributed by atoms with Gasteiger partial charge in [-0.05, 0) is 91.4 Å². The number of H-pyrrole nitrogens is 1. The number of hydrogen-bond acceptors (Lipinski definition) is 6. The number of aromatic amines is 1. The molecule has 1 saturated carbocycles.